The zero-order valence-corrected chi connectivity index (χ0v) is 11.9. The summed E-state index contributed by atoms with van der Waals surface area (Å²) in [7, 11) is 3.02. The molecule has 1 atom stereocenters. The number of nitrogens with one attached hydrogen (secondary N) is 1. The third-order valence-corrected chi connectivity index (χ3v) is 2.89. The van der Waals surface area contributed by atoms with E-state index in [1.54, 1.807) is 19.2 Å². The number of benzene rings is 1. The van der Waals surface area contributed by atoms with Crippen LogP contribution in [0.5, 0.6) is 11.5 Å². The molecule has 0 saturated heterocycles. The van der Waals surface area contributed by atoms with E-state index >= 15 is 0 Å². The van der Waals surface area contributed by atoms with Crippen molar-refractivity contribution in [2.24, 2.45) is 0 Å². The van der Waals surface area contributed by atoms with Crippen molar-refractivity contribution >= 4 is 11.6 Å². The van der Waals surface area contributed by atoms with Crippen molar-refractivity contribution in [3.05, 3.63) is 22.7 Å². The minimum absolute atomic E-state index is 0.0804. The summed E-state index contributed by atoms with van der Waals surface area (Å²) < 4.78 is 9.86. The molecule has 3 N–H and O–H groups in total. The first-order valence-electron chi connectivity index (χ1n) is 6.01. The Balaban J connectivity index is 2.47. The van der Waals surface area contributed by atoms with Crippen LogP contribution in [0.1, 0.15) is 12.0 Å². The number of aliphatic hydroxyl groups excluding tert-OH is 1. The summed E-state index contributed by atoms with van der Waals surface area (Å²) in [6.45, 7) is 1.37. The first kappa shape index (κ1) is 16.0. The number of aromatic hydroxyl groups is 1. The summed E-state index contributed by atoms with van der Waals surface area (Å²) in [4.78, 5) is 0. The lowest BCUT2D eigenvalue weighted by atomic mass is 10.1. The van der Waals surface area contributed by atoms with E-state index in [1.807, 2.05) is 0 Å². The maximum atomic E-state index is 9.91. The number of phenolic OH excluding ortho intramolecular Hbond substituents is 1. The van der Waals surface area contributed by atoms with E-state index in [2.05, 4.69) is 5.32 Å². The molecule has 1 aromatic carbocycles. The van der Waals surface area contributed by atoms with Gasteiger partial charge in [-0.3, -0.25) is 0 Å². The normalized spacial score (nSPS) is 12.4. The lowest BCUT2D eigenvalue weighted by Gasteiger charge is -2.12. The number of hydrogen-bond acceptors (Lipinski definition) is 5. The molecule has 0 aliphatic heterocycles. The number of phenols is 1. The van der Waals surface area contributed by atoms with Crippen molar-refractivity contribution in [2.45, 2.75) is 19.1 Å². The van der Waals surface area contributed by atoms with E-state index in [1.165, 1.54) is 7.11 Å². The summed E-state index contributed by atoms with van der Waals surface area (Å²) >= 11 is 5.93. The van der Waals surface area contributed by atoms with Gasteiger partial charge in [-0.15, -0.1) is 0 Å². The van der Waals surface area contributed by atoms with Gasteiger partial charge in [0.2, 0.25) is 0 Å². The Morgan fingerprint density at radius 1 is 1.37 bits per heavy atom. The molecule has 0 spiro atoms. The first-order valence-corrected chi connectivity index (χ1v) is 6.39. The lowest BCUT2D eigenvalue weighted by molar-refractivity contribution is 0.0594. The highest BCUT2D eigenvalue weighted by Crippen LogP contribution is 2.33. The average Bonchev–Trinajstić information content (AvgIpc) is 2.38. The van der Waals surface area contributed by atoms with Crippen LogP contribution < -0.4 is 10.1 Å². The molecule has 6 heteroatoms. The molecule has 0 aromatic heterocycles. The SMILES string of the molecule is COCC(O)CCNCc1cc(Cl)cc(OC)c1O. The standard InChI is InChI=1S/C13H20ClNO4/c1-18-8-11(16)3-4-15-7-9-5-10(14)6-12(19-2)13(9)17/h5-6,11,15-17H,3-4,7-8H2,1-2H3. The Morgan fingerprint density at radius 2 is 2.11 bits per heavy atom. The maximum Gasteiger partial charge on any atom is 0.162 e. The molecule has 108 valence electrons. The molecule has 5 nitrogen and oxygen atoms in total. The molecule has 1 unspecified atom stereocenters. The highest BCUT2D eigenvalue weighted by atomic mass is 35.5. The topological polar surface area (TPSA) is 71.0 Å². The van der Waals surface area contributed by atoms with Gasteiger partial charge in [-0.25, -0.2) is 0 Å². The fraction of sp³-hybridized carbons (Fsp3) is 0.538. The Hall–Kier alpha value is -1.01. The van der Waals surface area contributed by atoms with E-state index in [4.69, 9.17) is 21.1 Å². The molecular formula is C13H20ClNO4. The number of ether oxygens (including phenoxy) is 2. The van der Waals surface area contributed by atoms with Crippen LogP contribution in [0.2, 0.25) is 5.02 Å². The van der Waals surface area contributed by atoms with E-state index in [9.17, 15) is 10.2 Å². The molecule has 0 aliphatic rings. The molecule has 0 fully saturated rings. The molecule has 0 bridgehead atoms. The van der Waals surface area contributed by atoms with Gasteiger partial charge in [0.15, 0.2) is 11.5 Å². The number of halogens is 1. The molecule has 0 radical (unpaired) electrons. The van der Waals surface area contributed by atoms with Crippen molar-refractivity contribution in [3.63, 3.8) is 0 Å². The predicted octanol–water partition coefficient (Wildman–Crippen LogP) is 1.54. The minimum atomic E-state index is -0.486. The fourth-order valence-electron chi connectivity index (χ4n) is 1.69. The highest BCUT2D eigenvalue weighted by molar-refractivity contribution is 6.30. The largest absolute Gasteiger partial charge is 0.504 e. The van der Waals surface area contributed by atoms with E-state index in [0.29, 0.717) is 42.5 Å². The lowest BCUT2D eigenvalue weighted by Crippen LogP contribution is -2.23. The van der Waals surface area contributed by atoms with E-state index in [0.717, 1.165) is 0 Å². The second-order valence-electron chi connectivity index (χ2n) is 4.19. The highest BCUT2D eigenvalue weighted by Gasteiger charge is 2.10. The minimum Gasteiger partial charge on any atom is -0.504 e. The van der Waals surface area contributed by atoms with Gasteiger partial charge in [-0.05, 0) is 19.0 Å². The summed E-state index contributed by atoms with van der Waals surface area (Å²) in [6.07, 6.45) is 0.0896. The van der Waals surface area contributed by atoms with Gasteiger partial charge in [-0.1, -0.05) is 11.6 Å². The summed E-state index contributed by atoms with van der Waals surface area (Å²) in [5.74, 6) is 0.431. The molecular weight excluding hydrogens is 270 g/mol. The van der Waals surface area contributed by atoms with Gasteiger partial charge in [0, 0.05) is 30.3 Å². The maximum absolute atomic E-state index is 9.91. The van der Waals surface area contributed by atoms with E-state index < -0.39 is 6.10 Å². The zero-order valence-electron chi connectivity index (χ0n) is 11.1. The predicted molar refractivity (Wildman–Crippen MR) is 73.9 cm³/mol. The fourth-order valence-corrected chi connectivity index (χ4v) is 1.92. The van der Waals surface area contributed by atoms with Crippen LogP contribution in [0.4, 0.5) is 0 Å². The summed E-state index contributed by atoms with van der Waals surface area (Å²) in [5.41, 5.74) is 0.658. The Bertz CT molecular complexity index is 400. The molecule has 1 rings (SSSR count). The molecule has 1 aromatic rings. The van der Waals surface area contributed by atoms with Crippen LogP contribution in [0.15, 0.2) is 12.1 Å². The number of rotatable bonds is 8. The van der Waals surface area contributed by atoms with Gasteiger partial charge >= 0.3 is 0 Å². The van der Waals surface area contributed by atoms with Crippen LogP contribution in [-0.2, 0) is 11.3 Å². The van der Waals surface area contributed by atoms with Gasteiger partial charge in [0.25, 0.3) is 0 Å². The summed E-state index contributed by atoms with van der Waals surface area (Å²) in [6, 6.07) is 3.24. The number of hydrogen-bond donors (Lipinski definition) is 3. The van der Waals surface area contributed by atoms with Crippen molar-refractivity contribution in [1.29, 1.82) is 0 Å². The van der Waals surface area contributed by atoms with Crippen molar-refractivity contribution in [1.82, 2.24) is 5.32 Å². The Kier molecular flexibility index (Phi) is 6.94. The average molecular weight is 290 g/mol. The quantitative estimate of drug-likeness (QED) is 0.633. The number of methoxy groups -OCH3 is 2. The van der Waals surface area contributed by atoms with Crippen LogP contribution >= 0.6 is 11.6 Å². The van der Waals surface area contributed by atoms with Gasteiger partial charge in [0.1, 0.15) is 0 Å². The second kappa shape index (κ2) is 8.22. The Labute approximate surface area is 118 Å². The van der Waals surface area contributed by atoms with E-state index in [-0.39, 0.29) is 5.75 Å². The smallest absolute Gasteiger partial charge is 0.162 e. The molecule has 0 heterocycles. The third-order valence-electron chi connectivity index (χ3n) is 2.67. The second-order valence-corrected chi connectivity index (χ2v) is 4.63. The monoisotopic (exact) mass is 289 g/mol. The summed E-state index contributed by atoms with van der Waals surface area (Å²) in [5, 5.41) is 23.0. The Morgan fingerprint density at radius 3 is 2.74 bits per heavy atom. The molecule has 19 heavy (non-hydrogen) atoms. The molecule has 0 amide bonds. The molecule has 0 saturated carbocycles. The van der Waals surface area contributed by atoms with Crippen LogP contribution in [-0.4, -0.2) is 43.7 Å². The van der Waals surface area contributed by atoms with Crippen LogP contribution in [0.25, 0.3) is 0 Å². The van der Waals surface area contributed by atoms with Gasteiger partial charge < -0.3 is 25.0 Å². The van der Waals surface area contributed by atoms with Crippen molar-refractivity contribution < 1.29 is 19.7 Å². The third kappa shape index (κ3) is 5.24. The van der Waals surface area contributed by atoms with Crippen molar-refractivity contribution in [3.8, 4) is 11.5 Å². The van der Waals surface area contributed by atoms with Crippen LogP contribution in [0.3, 0.4) is 0 Å². The van der Waals surface area contributed by atoms with Crippen molar-refractivity contribution in [2.75, 3.05) is 27.4 Å². The molecule has 0 aliphatic carbocycles. The van der Waals surface area contributed by atoms with Gasteiger partial charge in [-0.2, -0.15) is 0 Å². The van der Waals surface area contributed by atoms with Gasteiger partial charge in [0.05, 0.1) is 19.8 Å². The zero-order chi connectivity index (χ0) is 14.3. The number of aliphatic hydroxyl groups is 1. The van der Waals surface area contributed by atoms with Crippen LogP contribution in [0, 0.1) is 0 Å². The first-order chi connectivity index (χ1) is 9.08.